The molecule has 1 amide bonds. The van der Waals surface area contributed by atoms with Crippen molar-refractivity contribution in [3.05, 3.63) is 25.0 Å². The Balaban J connectivity index is 1.51. The average molecular weight is 290 g/mol. The maximum atomic E-state index is 11.8. The van der Waals surface area contributed by atoms with E-state index in [0.29, 0.717) is 5.69 Å². The Morgan fingerprint density at radius 3 is 3.10 bits per heavy atom. The Hall–Kier alpha value is -2.22. The Bertz CT molecular complexity index is 573. The van der Waals surface area contributed by atoms with Gasteiger partial charge in [0.05, 0.1) is 24.5 Å². The van der Waals surface area contributed by atoms with Crippen molar-refractivity contribution in [2.24, 2.45) is 0 Å². The predicted molar refractivity (Wildman–Crippen MR) is 74.5 cm³/mol. The Kier molecular flexibility index (Phi) is 4.25. The summed E-state index contributed by atoms with van der Waals surface area (Å²) in [6.07, 6.45) is 9.98. The van der Waals surface area contributed by atoms with Gasteiger partial charge < -0.3 is 10.1 Å². The number of rotatable bonds is 5. The van der Waals surface area contributed by atoms with Crippen LogP contribution in [0.2, 0.25) is 0 Å². The highest BCUT2D eigenvalue weighted by Gasteiger charge is 2.15. The number of carbonyl (C=O) groups is 1. The molecule has 1 N–H and O–H groups in total. The largest absolute Gasteiger partial charge is 0.376 e. The van der Waals surface area contributed by atoms with Gasteiger partial charge in [0.1, 0.15) is 19.2 Å². The van der Waals surface area contributed by atoms with E-state index in [1.807, 2.05) is 6.20 Å². The molecule has 21 heavy (non-hydrogen) atoms. The van der Waals surface area contributed by atoms with Crippen LogP contribution in [0.4, 0.5) is 5.69 Å². The first-order valence-corrected chi connectivity index (χ1v) is 7.06. The van der Waals surface area contributed by atoms with E-state index in [2.05, 4.69) is 20.5 Å². The van der Waals surface area contributed by atoms with Crippen LogP contribution >= 0.6 is 0 Å². The zero-order valence-corrected chi connectivity index (χ0v) is 11.7. The first kappa shape index (κ1) is 13.7. The van der Waals surface area contributed by atoms with Crippen molar-refractivity contribution in [1.29, 1.82) is 0 Å². The van der Waals surface area contributed by atoms with Crippen LogP contribution in [0.15, 0.2) is 25.0 Å². The predicted octanol–water partition coefficient (Wildman–Crippen LogP) is 0.682. The monoisotopic (exact) mass is 290 g/mol. The summed E-state index contributed by atoms with van der Waals surface area (Å²) in [5, 5.41) is 10.9. The zero-order chi connectivity index (χ0) is 14.5. The summed E-state index contributed by atoms with van der Waals surface area (Å²) in [5.74, 6) is -0.158. The van der Waals surface area contributed by atoms with E-state index < -0.39 is 0 Å². The van der Waals surface area contributed by atoms with Gasteiger partial charge in [0.25, 0.3) is 0 Å². The lowest BCUT2D eigenvalue weighted by molar-refractivity contribution is -0.116. The second-order valence-electron chi connectivity index (χ2n) is 5.08. The van der Waals surface area contributed by atoms with Crippen molar-refractivity contribution < 1.29 is 9.53 Å². The number of nitrogens with zero attached hydrogens (tertiary/aromatic N) is 5. The van der Waals surface area contributed by atoms with Gasteiger partial charge in [-0.25, -0.2) is 9.67 Å². The van der Waals surface area contributed by atoms with E-state index in [1.165, 1.54) is 23.8 Å². The molecule has 0 aromatic carbocycles. The van der Waals surface area contributed by atoms with Crippen molar-refractivity contribution in [3.8, 4) is 0 Å². The fraction of sp³-hybridized carbons (Fsp3) is 0.538. The molecule has 8 nitrogen and oxygen atoms in total. The van der Waals surface area contributed by atoms with Crippen molar-refractivity contribution in [2.75, 3.05) is 11.9 Å². The highest BCUT2D eigenvalue weighted by atomic mass is 16.5. The quantitative estimate of drug-likeness (QED) is 0.875. The summed E-state index contributed by atoms with van der Waals surface area (Å²) < 4.78 is 8.95. The number of anilines is 1. The smallest absolute Gasteiger partial charge is 0.246 e. The topological polar surface area (TPSA) is 86.9 Å². The Morgan fingerprint density at radius 1 is 1.38 bits per heavy atom. The molecule has 2 aromatic heterocycles. The normalized spacial score (nSPS) is 18.6. The van der Waals surface area contributed by atoms with E-state index in [4.69, 9.17) is 4.74 Å². The van der Waals surface area contributed by atoms with E-state index in [1.54, 1.807) is 10.9 Å². The van der Waals surface area contributed by atoms with Crippen LogP contribution in [0.25, 0.3) is 0 Å². The molecule has 8 heteroatoms. The van der Waals surface area contributed by atoms with Crippen LogP contribution in [-0.4, -0.2) is 43.2 Å². The van der Waals surface area contributed by atoms with Crippen LogP contribution in [0.5, 0.6) is 0 Å². The first-order chi connectivity index (χ1) is 10.3. The molecule has 0 saturated carbocycles. The molecule has 1 saturated heterocycles. The summed E-state index contributed by atoms with van der Waals surface area (Å²) in [5.41, 5.74) is 0.677. The van der Waals surface area contributed by atoms with E-state index in [0.717, 1.165) is 26.0 Å². The van der Waals surface area contributed by atoms with Gasteiger partial charge in [-0.1, -0.05) is 0 Å². The van der Waals surface area contributed by atoms with Gasteiger partial charge in [0.15, 0.2) is 0 Å². The Morgan fingerprint density at radius 2 is 2.33 bits per heavy atom. The summed E-state index contributed by atoms with van der Waals surface area (Å²) in [6, 6.07) is 0. The number of carbonyl (C=O) groups excluding carboxylic acids is 1. The lowest BCUT2D eigenvalue weighted by Crippen LogP contribution is -2.24. The minimum absolute atomic E-state index is 0.136. The molecule has 1 unspecified atom stereocenters. The van der Waals surface area contributed by atoms with Crippen LogP contribution < -0.4 is 5.32 Å². The van der Waals surface area contributed by atoms with Gasteiger partial charge >= 0.3 is 0 Å². The third-order valence-electron chi connectivity index (χ3n) is 3.35. The molecule has 1 aliphatic heterocycles. The summed E-state index contributed by atoms with van der Waals surface area (Å²) in [4.78, 5) is 15.6. The fourth-order valence-electron chi connectivity index (χ4n) is 2.35. The maximum Gasteiger partial charge on any atom is 0.246 e. The first-order valence-electron chi connectivity index (χ1n) is 7.06. The van der Waals surface area contributed by atoms with E-state index in [-0.39, 0.29) is 18.6 Å². The maximum absolute atomic E-state index is 11.8. The molecular weight excluding hydrogens is 272 g/mol. The van der Waals surface area contributed by atoms with Crippen molar-refractivity contribution in [3.63, 3.8) is 0 Å². The number of hydrogen-bond acceptors (Lipinski definition) is 5. The fourth-order valence-corrected chi connectivity index (χ4v) is 2.35. The van der Waals surface area contributed by atoms with E-state index >= 15 is 0 Å². The lowest BCUT2D eigenvalue weighted by Gasteiger charge is -2.22. The number of aromatic nitrogens is 5. The second kappa shape index (κ2) is 6.49. The SMILES string of the molecule is O=C(Cn1cncn1)Nc1cnn(CC2CCCCO2)c1. The molecule has 0 bridgehead atoms. The number of ether oxygens (including phenoxy) is 1. The van der Waals surface area contributed by atoms with Gasteiger partial charge in [0, 0.05) is 12.8 Å². The molecule has 0 radical (unpaired) electrons. The molecule has 3 heterocycles. The summed E-state index contributed by atoms with van der Waals surface area (Å²) in [7, 11) is 0. The van der Waals surface area contributed by atoms with Crippen molar-refractivity contribution >= 4 is 11.6 Å². The van der Waals surface area contributed by atoms with Gasteiger partial charge in [0.2, 0.25) is 5.91 Å². The third-order valence-corrected chi connectivity index (χ3v) is 3.35. The molecule has 112 valence electrons. The molecule has 1 fully saturated rings. The summed E-state index contributed by atoms with van der Waals surface area (Å²) in [6.45, 7) is 1.68. The van der Waals surface area contributed by atoms with Crippen LogP contribution in [0, 0.1) is 0 Å². The minimum atomic E-state index is -0.158. The zero-order valence-electron chi connectivity index (χ0n) is 11.7. The molecule has 0 spiro atoms. The molecule has 3 rings (SSSR count). The van der Waals surface area contributed by atoms with Gasteiger partial charge in [-0.2, -0.15) is 10.2 Å². The number of nitrogens with one attached hydrogen (secondary N) is 1. The van der Waals surface area contributed by atoms with Crippen molar-refractivity contribution in [2.45, 2.75) is 38.5 Å². The van der Waals surface area contributed by atoms with Gasteiger partial charge in [-0.15, -0.1) is 0 Å². The third kappa shape index (κ3) is 3.88. The highest BCUT2D eigenvalue weighted by molar-refractivity contribution is 5.90. The van der Waals surface area contributed by atoms with Gasteiger partial charge in [-0.05, 0) is 19.3 Å². The second-order valence-corrected chi connectivity index (χ2v) is 5.08. The van der Waals surface area contributed by atoms with E-state index in [9.17, 15) is 4.79 Å². The number of amides is 1. The molecule has 0 aliphatic carbocycles. The molecule has 1 aliphatic rings. The minimum Gasteiger partial charge on any atom is -0.376 e. The molecule has 1 atom stereocenters. The van der Waals surface area contributed by atoms with Crippen molar-refractivity contribution in [1.82, 2.24) is 24.5 Å². The molecule has 2 aromatic rings. The van der Waals surface area contributed by atoms with Crippen LogP contribution in [0.3, 0.4) is 0 Å². The lowest BCUT2D eigenvalue weighted by atomic mass is 10.1. The standard InChI is InChI=1S/C13H18N6O2/c20-13(8-19-10-14-9-16-19)17-11-5-15-18(6-11)7-12-3-1-2-4-21-12/h5-6,9-10,12H,1-4,7-8H2,(H,17,20). The Labute approximate surface area is 122 Å². The van der Waals surface area contributed by atoms with Gasteiger partial charge in [-0.3, -0.25) is 9.48 Å². The average Bonchev–Trinajstić information content (AvgIpc) is 3.12. The van der Waals surface area contributed by atoms with Crippen LogP contribution in [-0.2, 0) is 22.6 Å². The van der Waals surface area contributed by atoms with Crippen LogP contribution in [0.1, 0.15) is 19.3 Å². The molecular formula is C13H18N6O2. The number of hydrogen-bond donors (Lipinski definition) is 1. The summed E-state index contributed by atoms with van der Waals surface area (Å²) >= 11 is 0. The highest BCUT2D eigenvalue weighted by Crippen LogP contribution is 2.15.